The second-order valence-corrected chi connectivity index (χ2v) is 8.48. The van der Waals surface area contributed by atoms with Gasteiger partial charge in [-0.1, -0.05) is 35.3 Å². The molecule has 1 heterocycles. The number of hydrogen-bond donors (Lipinski definition) is 2. The zero-order valence-corrected chi connectivity index (χ0v) is 20.6. The molecule has 2 N–H and O–H groups in total. The van der Waals surface area contributed by atoms with Crippen molar-refractivity contribution in [2.75, 3.05) is 32.7 Å². The molecule has 0 fully saturated rings. The number of hydrogen-bond acceptors (Lipinski definition) is 5. The van der Waals surface area contributed by atoms with E-state index in [1.165, 1.54) is 13.2 Å². The fraction of sp³-hybridized carbons (Fsp3) is 0.261. The smallest absolute Gasteiger partial charge is 0.338 e. The van der Waals surface area contributed by atoms with Gasteiger partial charge in [0.2, 0.25) is 0 Å². The monoisotopic (exact) mass is 507 g/mol. The van der Waals surface area contributed by atoms with E-state index in [9.17, 15) is 9.59 Å². The molecule has 0 saturated carbocycles. The maximum atomic E-state index is 12.8. The summed E-state index contributed by atoms with van der Waals surface area (Å²) in [6.07, 6.45) is 0. The quantitative estimate of drug-likeness (QED) is 0.322. The van der Waals surface area contributed by atoms with Crippen LogP contribution in [0.1, 0.15) is 28.9 Å². The molecular weight excluding hydrogens is 485 g/mol. The number of allylic oxidation sites excluding steroid dienone is 1. The molecule has 7 nitrogen and oxygen atoms in total. The highest BCUT2D eigenvalue weighted by Gasteiger charge is 2.33. The van der Waals surface area contributed by atoms with Gasteiger partial charge in [-0.15, -0.1) is 0 Å². The van der Waals surface area contributed by atoms with Gasteiger partial charge in [0.15, 0.2) is 5.11 Å². The second kappa shape index (κ2) is 11.0. The zero-order chi connectivity index (χ0) is 24.1. The van der Waals surface area contributed by atoms with Crippen LogP contribution in [0.5, 0.6) is 0 Å². The van der Waals surface area contributed by atoms with Gasteiger partial charge >= 0.3 is 5.97 Å². The molecule has 2 aromatic rings. The maximum Gasteiger partial charge on any atom is 0.338 e. The Morgan fingerprint density at radius 3 is 2.45 bits per heavy atom. The fourth-order valence-corrected chi connectivity index (χ4v) is 3.80. The number of benzene rings is 2. The maximum absolute atomic E-state index is 12.8. The lowest BCUT2D eigenvalue weighted by Crippen LogP contribution is -2.46. The SMILES string of the molecule is COCCOC(=O)C1=C(C)N(C)C(=S)N[C@@H]1c1ccc(NC(=O)c2ccc(Cl)c(Cl)c2)cc1. The molecule has 2 aromatic carbocycles. The number of esters is 1. The predicted octanol–water partition coefficient (Wildman–Crippen LogP) is 4.57. The highest BCUT2D eigenvalue weighted by atomic mass is 35.5. The van der Waals surface area contributed by atoms with E-state index in [4.69, 9.17) is 44.9 Å². The van der Waals surface area contributed by atoms with Crippen LogP contribution in [-0.4, -0.2) is 49.3 Å². The van der Waals surface area contributed by atoms with Gasteiger partial charge in [0, 0.05) is 31.1 Å². The Morgan fingerprint density at radius 1 is 1.12 bits per heavy atom. The van der Waals surface area contributed by atoms with E-state index in [2.05, 4.69) is 10.6 Å². The van der Waals surface area contributed by atoms with E-state index >= 15 is 0 Å². The molecule has 1 amide bonds. The van der Waals surface area contributed by atoms with Crippen molar-refractivity contribution in [3.05, 3.63) is 74.9 Å². The first-order chi connectivity index (χ1) is 15.7. The summed E-state index contributed by atoms with van der Waals surface area (Å²) in [6.45, 7) is 2.27. The number of halogens is 2. The van der Waals surface area contributed by atoms with Crippen LogP contribution in [0.2, 0.25) is 10.0 Å². The highest BCUT2D eigenvalue weighted by molar-refractivity contribution is 7.80. The van der Waals surface area contributed by atoms with Crippen LogP contribution in [0.25, 0.3) is 0 Å². The van der Waals surface area contributed by atoms with E-state index in [1.54, 1.807) is 36.2 Å². The molecule has 1 aliphatic rings. The minimum absolute atomic E-state index is 0.146. The normalized spacial score (nSPS) is 15.8. The molecule has 0 saturated heterocycles. The van der Waals surface area contributed by atoms with Crippen LogP contribution < -0.4 is 10.6 Å². The van der Waals surface area contributed by atoms with E-state index in [-0.39, 0.29) is 12.5 Å². The third kappa shape index (κ3) is 5.83. The molecule has 10 heteroatoms. The molecule has 0 unspecified atom stereocenters. The van der Waals surface area contributed by atoms with Gasteiger partial charge in [-0.3, -0.25) is 4.79 Å². The number of nitrogens with one attached hydrogen (secondary N) is 2. The summed E-state index contributed by atoms with van der Waals surface area (Å²) in [4.78, 5) is 27.1. The number of anilines is 1. The number of rotatable bonds is 7. The van der Waals surface area contributed by atoms with E-state index in [0.29, 0.717) is 44.3 Å². The number of carbonyl (C=O) groups excluding carboxylic acids is 2. The van der Waals surface area contributed by atoms with Gasteiger partial charge in [0.05, 0.1) is 28.3 Å². The summed E-state index contributed by atoms with van der Waals surface area (Å²) in [5.41, 5.74) is 2.90. The van der Waals surface area contributed by atoms with Crippen LogP contribution >= 0.6 is 35.4 Å². The van der Waals surface area contributed by atoms with Gasteiger partial charge in [-0.2, -0.15) is 0 Å². The number of carbonyl (C=O) groups is 2. The van der Waals surface area contributed by atoms with Crippen molar-refractivity contribution in [1.82, 2.24) is 10.2 Å². The fourth-order valence-electron chi connectivity index (χ4n) is 3.24. The first-order valence-electron chi connectivity index (χ1n) is 10.00. The lowest BCUT2D eigenvalue weighted by Gasteiger charge is -2.35. The Hall–Kier alpha value is -2.65. The van der Waals surface area contributed by atoms with Gasteiger partial charge < -0.3 is 25.0 Å². The summed E-state index contributed by atoms with van der Waals surface area (Å²) in [5.74, 6) is -0.772. The van der Waals surface area contributed by atoms with Crippen molar-refractivity contribution in [3.8, 4) is 0 Å². The van der Waals surface area contributed by atoms with E-state index in [1.807, 2.05) is 19.1 Å². The average Bonchev–Trinajstić information content (AvgIpc) is 2.79. The van der Waals surface area contributed by atoms with Crippen LogP contribution in [0.15, 0.2) is 53.7 Å². The van der Waals surface area contributed by atoms with E-state index < -0.39 is 12.0 Å². The predicted molar refractivity (Wildman–Crippen MR) is 133 cm³/mol. The van der Waals surface area contributed by atoms with Crippen LogP contribution in [0.3, 0.4) is 0 Å². The number of nitrogens with zero attached hydrogens (tertiary/aromatic N) is 1. The summed E-state index contributed by atoms with van der Waals surface area (Å²) in [5, 5.41) is 7.17. The molecule has 174 valence electrons. The first kappa shape index (κ1) is 25.0. The topological polar surface area (TPSA) is 79.9 Å². The molecule has 33 heavy (non-hydrogen) atoms. The second-order valence-electron chi connectivity index (χ2n) is 7.27. The number of methoxy groups -OCH3 is 1. The Bertz CT molecular complexity index is 1110. The average molecular weight is 508 g/mol. The van der Waals surface area contributed by atoms with Crippen LogP contribution in [-0.2, 0) is 14.3 Å². The lowest BCUT2D eigenvalue weighted by molar-refractivity contribution is -0.140. The first-order valence-corrected chi connectivity index (χ1v) is 11.2. The third-order valence-corrected chi connectivity index (χ3v) is 6.31. The van der Waals surface area contributed by atoms with Crippen molar-refractivity contribution in [2.24, 2.45) is 0 Å². The number of amides is 1. The molecule has 0 radical (unpaired) electrons. The number of thiocarbonyl (C=S) groups is 1. The van der Waals surface area contributed by atoms with Crippen LogP contribution in [0.4, 0.5) is 5.69 Å². The molecule has 0 aromatic heterocycles. The van der Waals surface area contributed by atoms with Gasteiger partial charge in [-0.05, 0) is 55.0 Å². The van der Waals surface area contributed by atoms with Crippen molar-refractivity contribution in [3.63, 3.8) is 0 Å². The van der Waals surface area contributed by atoms with Crippen molar-refractivity contribution in [1.29, 1.82) is 0 Å². The molecule has 0 bridgehead atoms. The van der Waals surface area contributed by atoms with E-state index in [0.717, 1.165) is 5.56 Å². The van der Waals surface area contributed by atoms with Gasteiger partial charge in [-0.25, -0.2) is 4.79 Å². The molecular formula is C23H23Cl2N3O4S. The molecule has 1 atom stereocenters. The standard InChI is InChI=1S/C23H23Cl2N3O4S/c1-13-19(22(30)32-11-10-31-3)20(27-23(33)28(13)2)14-4-7-16(8-5-14)26-21(29)15-6-9-17(24)18(25)12-15/h4-9,12,20H,10-11H2,1-3H3,(H,26,29)(H,27,33)/t20-/m1/s1. The van der Waals surface area contributed by atoms with Gasteiger partial charge in [0.1, 0.15) is 6.61 Å². The van der Waals surface area contributed by atoms with Crippen LogP contribution in [0, 0.1) is 0 Å². The minimum Gasteiger partial charge on any atom is -0.460 e. The van der Waals surface area contributed by atoms with Gasteiger partial charge in [0.25, 0.3) is 5.91 Å². The summed E-state index contributed by atoms with van der Waals surface area (Å²) in [7, 11) is 3.32. The Morgan fingerprint density at radius 2 is 1.82 bits per heavy atom. The Labute approximate surface area is 207 Å². The minimum atomic E-state index is -0.497. The Balaban J connectivity index is 1.81. The zero-order valence-electron chi connectivity index (χ0n) is 18.3. The van der Waals surface area contributed by atoms with Crippen molar-refractivity contribution in [2.45, 2.75) is 13.0 Å². The summed E-state index contributed by atoms with van der Waals surface area (Å²) < 4.78 is 10.3. The van der Waals surface area contributed by atoms with Crippen molar-refractivity contribution >= 4 is 58.1 Å². The molecule has 3 rings (SSSR count). The molecule has 1 aliphatic heterocycles. The largest absolute Gasteiger partial charge is 0.460 e. The van der Waals surface area contributed by atoms with Crippen molar-refractivity contribution < 1.29 is 19.1 Å². The number of ether oxygens (including phenoxy) is 2. The lowest BCUT2D eigenvalue weighted by atomic mass is 9.95. The Kier molecular flexibility index (Phi) is 8.31. The highest BCUT2D eigenvalue weighted by Crippen LogP contribution is 2.31. The molecule has 0 spiro atoms. The summed E-state index contributed by atoms with van der Waals surface area (Å²) in [6, 6.07) is 11.3. The summed E-state index contributed by atoms with van der Waals surface area (Å²) >= 11 is 17.3. The molecule has 0 aliphatic carbocycles. The third-order valence-electron chi connectivity index (χ3n) is 5.18.